The summed E-state index contributed by atoms with van der Waals surface area (Å²) in [5, 5.41) is 10.5. The van der Waals surface area contributed by atoms with Crippen molar-refractivity contribution in [1.82, 2.24) is 15.4 Å². The molecule has 2 aromatic rings. The van der Waals surface area contributed by atoms with E-state index in [0.29, 0.717) is 24.7 Å². The lowest BCUT2D eigenvalue weighted by Crippen LogP contribution is -2.49. The zero-order chi connectivity index (χ0) is 25.5. The number of carbonyl (C=O) groups excluding carboxylic acids is 1. The van der Waals surface area contributed by atoms with Gasteiger partial charge in [-0.2, -0.15) is 0 Å². The zero-order valence-corrected chi connectivity index (χ0v) is 22.6. The van der Waals surface area contributed by atoms with Gasteiger partial charge in [0.05, 0.1) is 28.2 Å². The Bertz CT molecular complexity index is 1090. The van der Waals surface area contributed by atoms with Crippen molar-refractivity contribution in [1.29, 1.82) is 0 Å². The van der Waals surface area contributed by atoms with Crippen molar-refractivity contribution in [3.8, 4) is 10.4 Å². The Labute approximate surface area is 212 Å². The molecule has 1 fully saturated rings. The number of aliphatic imine (C=N–C) groups is 1. The maximum absolute atomic E-state index is 13.7. The largest absolute Gasteiger partial charge is 0.391 e. The molecular weight excluding hydrogens is 460 g/mol. The molecule has 1 amide bonds. The minimum absolute atomic E-state index is 0.0788. The maximum atomic E-state index is 13.7. The average Bonchev–Trinajstić information content (AvgIpc) is 3.49. The van der Waals surface area contributed by atoms with Gasteiger partial charge in [-0.25, -0.2) is 20.3 Å². The van der Waals surface area contributed by atoms with E-state index in [0.717, 1.165) is 28.1 Å². The second kappa shape index (κ2) is 9.64. The summed E-state index contributed by atoms with van der Waals surface area (Å²) in [6, 6.07) is 7.83. The number of thiazole rings is 1. The summed E-state index contributed by atoms with van der Waals surface area (Å²) >= 11 is 1.62. The molecule has 1 unspecified atom stereocenters. The van der Waals surface area contributed by atoms with Crippen LogP contribution in [0.5, 0.6) is 0 Å². The molecule has 1 aromatic carbocycles. The van der Waals surface area contributed by atoms with Crippen LogP contribution in [0.3, 0.4) is 0 Å². The van der Waals surface area contributed by atoms with Gasteiger partial charge in [0, 0.05) is 24.4 Å². The number of amides is 1. The van der Waals surface area contributed by atoms with E-state index in [9.17, 15) is 9.90 Å². The van der Waals surface area contributed by atoms with Gasteiger partial charge >= 0.3 is 0 Å². The van der Waals surface area contributed by atoms with Crippen molar-refractivity contribution in [2.45, 2.75) is 79.2 Å². The number of amidine groups is 1. The van der Waals surface area contributed by atoms with Crippen LogP contribution < -0.4 is 5.48 Å². The molecule has 1 aromatic heterocycles. The van der Waals surface area contributed by atoms with E-state index in [1.54, 1.807) is 16.2 Å². The van der Waals surface area contributed by atoms with Crippen molar-refractivity contribution in [3.05, 3.63) is 41.0 Å². The molecule has 7 nitrogen and oxygen atoms in total. The highest BCUT2D eigenvalue weighted by Crippen LogP contribution is 2.37. The third-order valence-corrected chi connectivity index (χ3v) is 8.02. The van der Waals surface area contributed by atoms with E-state index in [4.69, 9.17) is 9.83 Å². The fourth-order valence-electron chi connectivity index (χ4n) is 5.02. The van der Waals surface area contributed by atoms with E-state index >= 15 is 0 Å². The minimum Gasteiger partial charge on any atom is -0.391 e. The van der Waals surface area contributed by atoms with E-state index in [1.165, 1.54) is 0 Å². The van der Waals surface area contributed by atoms with E-state index < -0.39 is 11.8 Å². The van der Waals surface area contributed by atoms with E-state index in [-0.39, 0.29) is 23.3 Å². The van der Waals surface area contributed by atoms with Gasteiger partial charge in [0.1, 0.15) is 5.84 Å². The monoisotopic (exact) mass is 498 g/mol. The van der Waals surface area contributed by atoms with Crippen molar-refractivity contribution in [2.75, 3.05) is 6.54 Å². The topological polar surface area (TPSA) is 87.1 Å². The first-order valence-electron chi connectivity index (χ1n) is 12.4. The summed E-state index contributed by atoms with van der Waals surface area (Å²) in [6.07, 6.45) is 0.669. The Hall–Kier alpha value is -2.29. The molecule has 0 radical (unpaired) electrons. The molecule has 2 aliphatic rings. The van der Waals surface area contributed by atoms with Crippen molar-refractivity contribution in [2.24, 2.45) is 22.2 Å². The van der Waals surface area contributed by atoms with Gasteiger partial charge in [0.25, 0.3) is 0 Å². The van der Waals surface area contributed by atoms with E-state index in [1.807, 2.05) is 31.5 Å². The molecule has 8 heteroatoms. The number of rotatable bonds is 6. The van der Waals surface area contributed by atoms with Gasteiger partial charge in [-0.3, -0.25) is 4.79 Å². The highest BCUT2D eigenvalue weighted by atomic mass is 32.1. The molecule has 1 saturated heterocycles. The van der Waals surface area contributed by atoms with Crippen molar-refractivity contribution in [3.63, 3.8) is 0 Å². The van der Waals surface area contributed by atoms with Gasteiger partial charge in [-0.05, 0) is 37.2 Å². The summed E-state index contributed by atoms with van der Waals surface area (Å²) < 4.78 is 0. The number of aromatic nitrogens is 1. The quantitative estimate of drug-likeness (QED) is 0.592. The first-order chi connectivity index (χ1) is 16.4. The summed E-state index contributed by atoms with van der Waals surface area (Å²) in [6.45, 7) is 14.9. The van der Waals surface area contributed by atoms with Gasteiger partial charge in [-0.1, -0.05) is 58.9 Å². The second-order valence-electron chi connectivity index (χ2n) is 11.5. The SMILES string of the molecule is Cc1ncsc1-c1ccc(C2(C)N=C([C@@H]3C[C@@H](O)CN3C(=O)[C@@H](CC(C)C)C(C)(C)C)NO2)cc1. The van der Waals surface area contributed by atoms with Crippen LogP contribution in [-0.2, 0) is 15.4 Å². The number of aliphatic hydroxyl groups is 1. The highest BCUT2D eigenvalue weighted by Gasteiger charge is 2.46. The molecule has 4 atom stereocenters. The van der Waals surface area contributed by atoms with Crippen LogP contribution in [-0.4, -0.2) is 45.4 Å². The Morgan fingerprint density at radius 1 is 1.31 bits per heavy atom. The van der Waals surface area contributed by atoms with Crippen molar-refractivity contribution < 1.29 is 14.7 Å². The second-order valence-corrected chi connectivity index (χ2v) is 12.3. The van der Waals surface area contributed by atoms with E-state index in [2.05, 4.69) is 57.2 Å². The van der Waals surface area contributed by atoms with Crippen LogP contribution in [0.15, 0.2) is 34.8 Å². The number of hydroxylamine groups is 1. The predicted octanol–water partition coefficient (Wildman–Crippen LogP) is 4.89. The molecule has 35 heavy (non-hydrogen) atoms. The number of likely N-dealkylation sites (tertiary alicyclic amines) is 1. The number of nitrogens with zero attached hydrogens (tertiary/aromatic N) is 3. The summed E-state index contributed by atoms with van der Waals surface area (Å²) in [4.78, 5) is 31.9. The highest BCUT2D eigenvalue weighted by molar-refractivity contribution is 7.13. The molecule has 4 rings (SSSR count). The molecule has 0 spiro atoms. The van der Waals surface area contributed by atoms with Crippen LogP contribution in [0, 0.1) is 24.2 Å². The number of hydrogen-bond donors (Lipinski definition) is 2. The third kappa shape index (κ3) is 5.29. The van der Waals surface area contributed by atoms with Crippen LogP contribution in [0.1, 0.15) is 65.6 Å². The number of hydrogen-bond acceptors (Lipinski definition) is 7. The summed E-state index contributed by atoms with van der Waals surface area (Å²) in [7, 11) is 0. The molecule has 2 N–H and O–H groups in total. The number of β-amino-alcohol motifs (C(OH)–C–C–N with tert-alkyl or cyclic N) is 1. The fraction of sp³-hybridized carbons (Fsp3) is 0.593. The number of aryl methyl sites for hydroxylation is 1. The Balaban J connectivity index is 1.58. The molecule has 0 saturated carbocycles. The van der Waals surface area contributed by atoms with Crippen LogP contribution in [0.25, 0.3) is 10.4 Å². The van der Waals surface area contributed by atoms with Gasteiger partial charge < -0.3 is 10.0 Å². The molecular formula is C27H38N4O3S. The number of carbonyl (C=O) groups is 1. The number of nitrogens with one attached hydrogen (secondary N) is 1. The summed E-state index contributed by atoms with van der Waals surface area (Å²) in [5.74, 6) is 0.943. The number of benzene rings is 1. The lowest BCUT2D eigenvalue weighted by molar-refractivity contribution is -0.140. The minimum atomic E-state index is -0.916. The molecule has 2 aliphatic heterocycles. The van der Waals surface area contributed by atoms with Crippen molar-refractivity contribution >= 4 is 23.1 Å². The normalized spacial score (nSPS) is 25.6. The van der Waals surface area contributed by atoms with Crippen LogP contribution >= 0.6 is 11.3 Å². The third-order valence-electron chi connectivity index (χ3n) is 7.04. The lowest BCUT2D eigenvalue weighted by atomic mass is 9.75. The zero-order valence-electron chi connectivity index (χ0n) is 21.8. The first kappa shape index (κ1) is 25.8. The maximum Gasteiger partial charge on any atom is 0.226 e. The predicted molar refractivity (Wildman–Crippen MR) is 140 cm³/mol. The standard InChI is InChI=1S/C27H38N4O3S/c1-16(2)12-21(26(4,5)6)25(33)31-14-20(32)13-22(31)24-29-27(7,34-30-24)19-10-8-18(9-11-19)23-17(3)28-15-35-23/h8-11,15-16,20-22,32H,12-14H2,1-7H3,(H,29,30)/t20-,21-,22+,27?/m1/s1. The summed E-state index contributed by atoms with van der Waals surface area (Å²) in [5.41, 5.74) is 6.81. The smallest absolute Gasteiger partial charge is 0.226 e. The molecule has 0 bridgehead atoms. The van der Waals surface area contributed by atoms with Gasteiger partial charge in [-0.15, -0.1) is 11.3 Å². The Morgan fingerprint density at radius 2 is 2.00 bits per heavy atom. The first-order valence-corrected chi connectivity index (χ1v) is 13.3. The average molecular weight is 499 g/mol. The number of aliphatic hydroxyl groups excluding tert-OH is 1. The van der Waals surface area contributed by atoms with Crippen LogP contribution in [0.4, 0.5) is 0 Å². The Kier molecular flexibility index (Phi) is 7.10. The van der Waals surface area contributed by atoms with Crippen LogP contribution in [0.2, 0.25) is 0 Å². The van der Waals surface area contributed by atoms with Gasteiger partial charge in [0.2, 0.25) is 11.6 Å². The van der Waals surface area contributed by atoms with Gasteiger partial charge in [0.15, 0.2) is 0 Å². The molecule has 0 aliphatic carbocycles. The Morgan fingerprint density at radius 3 is 2.57 bits per heavy atom. The fourth-order valence-corrected chi connectivity index (χ4v) is 5.83. The lowest BCUT2D eigenvalue weighted by Gasteiger charge is -2.36. The molecule has 3 heterocycles. The molecule has 190 valence electrons.